The second-order valence-electron chi connectivity index (χ2n) is 16.7. The van der Waals surface area contributed by atoms with Crippen LogP contribution in [0, 0.1) is 40.6 Å². The third-order valence-corrected chi connectivity index (χ3v) is 11.1. The van der Waals surface area contributed by atoms with Crippen LogP contribution in [0.1, 0.15) is 105 Å². The summed E-state index contributed by atoms with van der Waals surface area (Å²) in [6.45, 7) is 22.4. The molecule has 2 aliphatic rings. The smallest absolute Gasteiger partial charge is 0.356 e. The first-order valence-electron chi connectivity index (χ1n) is 18.0. The molecular weight excluding hydrogens is 658 g/mol. The Bertz CT molecular complexity index is 2020. The maximum absolute atomic E-state index is 14.5. The van der Waals surface area contributed by atoms with Gasteiger partial charge in [0.1, 0.15) is 17.0 Å². The van der Waals surface area contributed by atoms with Crippen molar-refractivity contribution in [2.24, 2.45) is 34.0 Å². The molecule has 2 aromatic carbocycles. The Morgan fingerprint density at radius 2 is 1.56 bits per heavy atom. The predicted octanol–water partition coefficient (Wildman–Crippen LogP) is 9.91. The zero-order valence-corrected chi connectivity index (χ0v) is 31.4. The maximum Gasteiger partial charge on any atom is 0.356 e. The number of carbonyl (C=O) groups excluding carboxylic acids is 3. The van der Waals surface area contributed by atoms with E-state index in [-0.39, 0.29) is 57.2 Å². The van der Waals surface area contributed by atoms with Crippen LogP contribution >= 0.6 is 0 Å². The summed E-state index contributed by atoms with van der Waals surface area (Å²) in [5.41, 5.74) is 1.89. The summed E-state index contributed by atoms with van der Waals surface area (Å²) in [4.78, 5) is 46.8. The summed E-state index contributed by atoms with van der Waals surface area (Å²) in [7, 11) is 2.58. The second kappa shape index (κ2) is 13.8. The van der Waals surface area contributed by atoms with Gasteiger partial charge in [-0.3, -0.25) is 4.40 Å². The van der Waals surface area contributed by atoms with Crippen LogP contribution < -0.4 is 4.74 Å². The van der Waals surface area contributed by atoms with E-state index in [0.717, 1.165) is 25.7 Å². The van der Waals surface area contributed by atoms with Gasteiger partial charge in [0.2, 0.25) is 5.88 Å². The number of rotatable bonds is 10. The van der Waals surface area contributed by atoms with Crippen molar-refractivity contribution in [1.82, 2.24) is 9.38 Å². The lowest BCUT2D eigenvalue weighted by atomic mass is 9.47. The number of benzene rings is 2. The number of imidazole rings is 1. The number of nitrogens with one attached hydrogen (secondary N) is 1. The average Bonchev–Trinajstić information content (AvgIpc) is 3.61. The molecule has 2 fully saturated rings. The molecule has 2 saturated carbocycles. The zero-order valence-electron chi connectivity index (χ0n) is 31.4. The Kier molecular flexibility index (Phi) is 9.77. The molecule has 2 aliphatic carbocycles. The lowest BCUT2D eigenvalue weighted by Crippen LogP contribution is -2.51. The average molecular weight is 708 g/mol. The van der Waals surface area contributed by atoms with Crippen molar-refractivity contribution in [3.63, 3.8) is 0 Å². The topological polar surface area (TPSA) is 113 Å². The largest absolute Gasteiger partial charge is 0.465 e. The van der Waals surface area contributed by atoms with Crippen LogP contribution in [0.15, 0.2) is 54.6 Å². The fraction of sp³-hybridized carbons (Fsp3) is 0.476. The lowest BCUT2D eigenvalue weighted by molar-refractivity contribution is -0.103. The van der Waals surface area contributed by atoms with Gasteiger partial charge in [0.25, 0.3) is 5.69 Å². The van der Waals surface area contributed by atoms with Crippen molar-refractivity contribution in [3.8, 4) is 22.9 Å². The predicted molar refractivity (Wildman–Crippen MR) is 198 cm³/mol. The quantitative estimate of drug-likeness (QED) is 0.0992. The number of methoxy groups -OCH3 is 2. The maximum atomic E-state index is 14.5. The van der Waals surface area contributed by atoms with E-state index < -0.39 is 17.9 Å². The van der Waals surface area contributed by atoms with Gasteiger partial charge in [0.15, 0.2) is 5.69 Å². The molecule has 0 spiro atoms. The van der Waals surface area contributed by atoms with E-state index in [4.69, 9.17) is 25.5 Å². The van der Waals surface area contributed by atoms with Gasteiger partial charge in [-0.05, 0) is 84.5 Å². The molecule has 0 bridgehead atoms. The molecule has 0 amide bonds. The first kappa shape index (κ1) is 36.7. The van der Waals surface area contributed by atoms with Crippen LogP contribution in [0.2, 0.25) is 0 Å². The fourth-order valence-electron chi connectivity index (χ4n) is 9.83. The number of carbonyl (C=O) groups is 3. The van der Waals surface area contributed by atoms with Crippen LogP contribution in [-0.2, 0) is 14.2 Å². The summed E-state index contributed by atoms with van der Waals surface area (Å²) in [5.74, 6) is -0.439. The van der Waals surface area contributed by atoms with Crippen LogP contribution in [0.25, 0.3) is 21.7 Å². The van der Waals surface area contributed by atoms with Gasteiger partial charge in [0, 0.05) is 11.5 Å². The molecule has 6 rings (SSSR count). The number of hydrogen-bond acceptors (Lipinski definition) is 7. The van der Waals surface area contributed by atoms with Crippen molar-refractivity contribution in [1.29, 1.82) is 0 Å². The van der Waals surface area contributed by atoms with E-state index in [2.05, 4.69) is 51.4 Å². The minimum atomic E-state index is -0.674. The van der Waals surface area contributed by atoms with E-state index in [1.165, 1.54) is 20.6 Å². The number of hydrogen-bond donors (Lipinski definition) is 1. The molecule has 52 heavy (non-hydrogen) atoms. The van der Waals surface area contributed by atoms with E-state index in [9.17, 15) is 14.4 Å². The summed E-state index contributed by atoms with van der Waals surface area (Å²) >= 11 is 0. The molecule has 3 unspecified atom stereocenters. The van der Waals surface area contributed by atoms with E-state index in [1.54, 1.807) is 28.7 Å². The van der Waals surface area contributed by atoms with Gasteiger partial charge >= 0.3 is 17.9 Å². The number of ether oxygens (including phenoxy) is 4. The minimum Gasteiger partial charge on any atom is -0.465 e. The van der Waals surface area contributed by atoms with Crippen molar-refractivity contribution in [3.05, 3.63) is 82.8 Å². The third kappa shape index (κ3) is 6.93. The molecule has 274 valence electrons. The Hall–Kier alpha value is -5.04. The van der Waals surface area contributed by atoms with Gasteiger partial charge in [-0.25, -0.2) is 19.2 Å². The highest BCUT2D eigenvalue weighted by molar-refractivity contribution is 6.07. The molecule has 1 N–H and O–H groups in total. The normalized spacial score (nSPS) is 20.6. The number of esters is 3. The number of fused-ring (bicyclic) bond motifs is 1. The van der Waals surface area contributed by atoms with E-state index in [0.29, 0.717) is 34.4 Å². The van der Waals surface area contributed by atoms with Gasteiger partial charge in [-0.15, -0.1) is 0 Å². The van der Waals surface area contributed by atoms with Crippen LogP contribution in [0.4, 0.5) is 5.69 Å². The van der Waals surface area contributed by atoms with Crippen molar-refractivity contribution in [2.45, 2.75) is 73.6 Å². The molecule has 3 atom stereocenters. The molecule has 4 aromatic rings. The number of aromatic nitrogens is 2. The lowest BCUT2D eigenvalue weighted by Gasteiger charge is -2.58. The molecule has 2 aromatic heterocycles. The Balaban J connectivity index is 1.46. The van der Waals surface area contributed by atoms with E-state index >= 15 is 0 Å². The monoisotopic (exact) mass is 707 g/mol. The second-order valence-corrected chi connectivity index (χ2v) is 16.7. The molecule has 0 aliphatic heterocycles. The SMILES string of the molecule is [C-]#[N+]c1c(C(=O)OCC(C2CC(C)CC(C)(C)C2)C2(C)CC(C)(C)C2)c2[nH]c(C(=O)OC)c(-c3ccccc3)n2c1Oc1ccc(C(=O)OC)cc1. The van der Waals surface area contributed by atoms with Crippen LogP contribution in [0.5, 0.6) is 11.6 Å². The van der Waals surface area contributed by atoms with E-state index in [1.807, 2.05) is 30.3 Å². The summed E-state index contributed by atoms with van der Waals surface area (Å²) < 4.78 is 24.2. The third-order valence-electron chi connectivity index (χ3n) is 11.1. The molecule has 10 nitrogen and oxygen atoms in total. The molecule has 0 saturated heterocycles. The molecule has 0 radical (unpaired) electrons. The Morgan fingerprint density at radius 3 is 2.13 bits per heavy atom. The summed E-state index contributed by atoms with van der Waals surface area (Å²) in [6, 6.07) is 15.4. The Morgan fingerprint density at radius 1 is 0.904 bits per heavy atom. The number of nitrogens with zero attached hydrogens (tertiary/aromatic N) is 2. The highest BCUT2D eigenvalue weighted by Crippen LogP contribution is 2.61. The minimum absolute atomic E-state index is 0.00983. The first-order valence-corrected chi connectivity index (χ1v) is 18.0. The van der Waals surface area contributed by atoms with Gasteiger partial charge in [0.05, 0.1) is 38.7 Å². The van der Waals surface area contributed by atoms with Crippen LogP contribution in [-0.4, -0.2) is 48.1 Å². The zero-order chi connectivity index (χ0) is 37.6. The fourth-order valence-corrected chi connectivity index (χ4v) is 9.83. The molecular formula is C42H49N3O7. The Labute approximate surface area is 305 Å². The number of H-pyrrole nitrogens is 1. The summed E-state index contributed by atoms with van der Waals surface area (Å²) in [6.07, 6.45) is 5.40. The molecule has 10 heteroatoms. The first-order chi connectivity index (χ1) is 24.6. The summed E-state index contributed by atoms with van der Waals surface area (Å²) in [5, 5.41) is 0. The van der Waals surface area contributed by atoms with Gasteiger partial charge < -0.3 is 23.9 Å². The van der Waals surface area contributed by atoms with Gasteiger partial charge in [-0.1, -0.05) is 71.9 Å². The highest BCUT2D eigenvalue weighted by atomic mass is 16.5. The van der Waals surface area contributed by atoms with Crippen LogP contribution in [0.3, 0.4) is 0 Å². The van der Waals surface area contributed by atoms with Gasteiger partial charge in [-0.2, -0.15) is 0 Å². The standard InChI is InChI=1S/C42H49N3O7/c1-25-19-28(21-40(2,3)20-25)30(42(6)23-41(4,5)24-42)22-51-38(47)31-32(43-7)36(52-29-17-15-27(16-18-29)37(46)49-8)45-34(26-13-11-10-12-14-26)33(39(48)50-9)44-35(31)45/h10-18,25,28,30,44H,19-24H2,1-6,8-9H3. The van der Waals surface area contributed by atoms with Crippen molar-refractivity contribution in [2.75, 3.05) is 20.8 Å². The highest BCUT2D eigenvalue weighted by Gasteiger charge is 2.54. The van der Waals surface area contributed by atoms with Crippen molar-refractivity contribution >= 4 is 29.2 Å². The van der Waals surface area contributed by atoms with Crippen molar-refractivity contribution < 1.29 is 33.3 Å². The molecule has 2 heterocycles. The number of aromatic amines is 1.